The molecular formula is C22H29ClN2O2. The molecule has 2 rings (SSSR count). The van der Waals surface area contributed by atoms with Crippen molar-refractivity contribution in [3.05, 3.63) is 59.9 Å². The first kappa shape index (κ1) is 22.7. The van der Waals surface area contributed by atoms with E-state index in [4.69, 9.17) is 5.11 Å². The van der Waals surface area contributed by atoms with Gasteiger partial charge in [-0.15, -0.1) is 0 Å². The third kappa shape index (κ3) is 7.43. The number of anilines is 1. The predicted octanol–water partition coefficient (Wildman–Crippen LogP) is 1.25. The van der Waals surface area contributed by atoms with Gasteiger partial charge in [-0.05, 0) is 50.1 Å². The molecule has 0 spiro atoms. The van der Waals surface area contributed by atoms with E-state index in [1.165, 1.54) is 11.3 Å². The molecule has 5 heteroatoms. The number of pyridine rings is 1. The number of carboxylic acid groups (broad SMARTS) is 1. The minimum atomic E-state index is -0.726. The molecule has 1 N–H and O–H groups in total. The van der Waals surface area contributed by atoms with Crippen molar-refractivity contribution in [1.82, 2.24) is 0 Å². The summed E-state index contributed by atoms with van der Waals surface area (Å²) < 4.78 is 2.17. The molecule has 0 aliphatic heterocycles. The van der Waals surface area contributed by atoms with Crippen molar-refractivity contribution in [2.75, 3.05) is 18.0 Å². The van der Waals surface area contributed by atoms with E-state index in [1.807, 2.05) is 18.3 Å². The third-order valence-corrected chi connectivity index (χ3v) is 4.48. The Hall–Kier alpha value is -2.33. The Morgan fingerprint density at radius 3 is 2.37 bits per heavy atom. The molecule has 0 amide bonds. The quantitative estimate of drug-likeness (QED) is 0.492. The number of carboxylic acids is 1. The molecule has 0 aliphatic carbocycles. The van der Waals surface area contributed by atoms with Crippen LogP contribution in [0.5, 0.6) is 0 Å². The van der Waals surface area contributed by atoms with Gasteiger partial charge >= 0.3 is 5.97 Å². The summed E-state index contributed by atoms with van der Waals surface area (Å²) in [6.45, 7) is 7.19. The fourth-order valence-corrected chi connectivity index (χ4v) is 2.97. The number of aryl methyl sites for hydroxylation is 1. The van der Waals surface area contributed by atoms with Crippen LogP contribution in [0.1, 0.15) is 44.4 Å². The van der Waals surface area contributed by atoms with Crippen molar-refractivity contribution in [3.63, 3.8) is 0 Å². The Labute approximate surface area is 168 Å². The average molecular weight is 389 g/mol. The van der Waals surface area contributed by atoms with E-state index in [-0.39, 0.29) is 18.8 Å². The zero-order valence-corrected chi connectivity index (χ0v) is 16.9. The molecule has 0 unspecified atom stereocenters. The van der Waals surface area contributed by atoms with Crippen LogP contribution >= 0.6 is 0 Å². The Balaban J connectivity index is 0.00000364. The lowest BCUT2D eigenvalue weighted by molar-refractivity contribution is -0.699. The van der Waals surface area contributed by atoms with Gasteiger partial charge in [-0.25, -0.2) is 0 Å². The Morgan fingerprint density at radius 2 is 1.74 bits per heavy atom. The maximum Gasteiger partial charge on any atom is 0.303 e. The van der Waals surface area contributed by atoms with Crippen LogP contribution in [0, 0.1) is 0 Å². The minimum Gasteiger partial charge on any atom is -1.00 e. The van der Waals surface area contributed by atoms with Crippen molar-refractivity contribution in [2.24, 2.45) is 0 Å². The zero-order valence-electron chi connectivity index (χ0n) is 16.1. The standard InChI is InChI=1S/C22H28N2O2.ClH/c1-3-23(4-2)21-15-12-19(13-16-21)11-14-20-9-5-7-17-24(20)18-8-6-10-22(25)26;/h5,7,9,11-17H,3-4,6,8,10,18H2,1-2H3;1H. The molecule has 1 aromatic heterocycles. The highest BCUT2D eigenvalue weighted by Gasteiger charge is 2.07. The lowest BCUT2D eigenvalue weighted by Crippen LogP contribution is -3.00. The predicted molar refractivity (Wildman–Crippen MR) is 107 cm³/mol. The second-order valence-corrected chi connectivity index (χ2v) is 6.27. The number of nitrogens with zero attached hydrogens (tertiary/aromatic N) is 2. The average Bonchev–Trinajstić information content (AvgIpc) is 2.66. The van der Waals surface area contributed by atoms with E-state index in [2.05, 4.69) is 65.8 Å². The topological polar surface area (TPSA) is 44.4 Å². The molecule has 146 valence electrons. The molecule has 2 aromatic rings. The molecular weight excluding hydrogens is 360 g/mol. The summed E-state index contributed by atoms with van der Waals surface area (Å²) >= 11 is 0. The van der Waals surface area contributed by atoms with Gasteiger partial charge in [0, 0.05) is 49.8 Å². The highest BCUT2D eigenvalue weighted by atomic mass is 35.5. The molecule has 1 heterocycles. The summed E-state index contributed by atoms with van der Waals surface area (Å²) in [4.78, 5) is 12.9. The van der Waals surface area contributed by atoms with Crippen LogP contribution in [-0.2, 0) is 11.3 Å². The molecule has 1 aromatic carbocycles. The number of hydrogen-bond acceptors (Lipinski definition) is 2. The summed E-state index contributed by atoms with van der Waals surface area (Å²) in [6.07, 6.45) is 8.08. The largest absolute Gasteiger partial charge is 1.00 e. The van der Waals surface area contributed by atoms with Crippen molar-refractivity contribution >= 4 is 23.8 Å². The van der Waals surface area contributed by atoms with Crippen LogP contribution in [0.3, 0.4) is 0 Å². The number of halogens is 1. The van der Waals surface area contributed by atoms with Crippen molar-refractivity contribution in [3.8, 4) is 0 Å². The molecule has 0 atom stereocenters. The second-order valence-electron chi connectivity index (χ2n) is 6.27. The molecule has 0 saturated carbocycles. The van der Waals surface area contributed by atoms with Crippen LogP contribution in [0.4, 0.5) is 5.69 Å². The highest BCUT2D eigenvalue weighted by Crippen LogP contribution is 2.16. The number of unbranched alkanes of at least 4 members (excludes halogenated alkanes) is 1. The van der Waals surface area contributed by atoms with Crippen LogP contribution in [0.25, 0.3) is 12.2 Å². The van der Waals surface area contributed by atoms with E-state index < -0.39 is 5.97 Å². The number of aromatic nitrogens is 1. The van der Waals surface area contributed by atoms with Gasteiger partial charge in [-0.1, -0.05) is 12.1 Å². The summed E-state index contributed by atoms with van der Waals surface area (Å²) in [5.74, 6) is -0.726. The van der Waals surface area contributed by atoms with E-state index in [1.54, 1.807) is 0 Å². The maximum atomic E-state index is 10.6. The number of rotatable bonds is 10. The number of aliphatic carboxylic acids is 1. The summed E-state index contributed by atoms with van der Waals surface area (Å²) in [5.41, 5.74) is 3.54. The van der Waals surface area contributed by atoms with E-state index in [0.29, 0.717) is 6.42 Å². The van der Waals surface area contributed by atoms with E-state index in [0.717, 1.165) is 31.7 Å². The highest BCUT2D eigenvalue weighted by molar-refractivity contribution is 5.68. The zero-order chi connectivity index (χ0) is 18.8. The molecule has 0 fully saturated rings. The summed E-state index contributed by atoms with van der Waals surface area (Å²) in [5, 5.41) is 8.74. The lowest BCUT2D eigenvalue weighted by Gasteiger charge is -2.20. The van der Waals surface area contributed by atoms with Gasteiger partial charge in [0.1, 0.15) is 6.54 Å². The molecule has 0 radical (unpaired) electrons. The molecule has 27 heavy (non-hydrogen) atoms. The van der Waals surface area contributed by atoms with Gasteiger partial charge in [0.2, 0.25) is 5.69 Å². The first-order valence-corrected chi connectivity index (χ1v) is 9.37. The normalized spacial score (nSPS) is 10.6. The fraction of sp³-hybridized carbons (Fsp3) is 0.364. The second kappa shape index (κ2) is 12.1. The van der Waals surface area contributed by atoms with Crippen molar-refractivity contribution in [2.45, 2.75) is 39.7 Å². The molecule has 4 nitrogen and oxygen atoms in total. The number of hydrogen-bond donors (Lipinski definition) is 1. The molecule has 0 saturated heterocycles. The van der Waals surface area contributed by atoms with Crippen LogP contribution in [0.15, 0.2) is 48.7 Å². The fourth-order valence-electron chi connectivity index (χ4n) is 2.97. The Bertz CT molecular complexity index is 725. The smallest absolute Gasteiger partial charge is 0.303 e. The minimum absolute atomic E-state index is 0. The van der Waals surface area contributed by atoms with E-state index >= 15 is 0 Å². The van der Waals surface area contributed by atoms with Gasteiger partial charge in [0.05, 0.1) is 0 Å². The van der Waals surface area contributed by atoms with Crippen LogP contribution in [0.2, 0.25) is 0 Å². The van der Waals surface area contributed by atoms with Gasteiger partial charge in [-0.2, -0.15) is 4.57 Å². The van der Waals surface area contributed by atoms with Gasteiger partial charge in [0.15, 0.2) is 6.20 Å². The summed E-state index contributed by atoms with van der Waals surface area (Å²) in [7, 11) is 0. The van der Waals surface area contributed by atoms with Gasteiger partial charge in [0.25, 0.3) is 0 Å². The SMILES string of the molecule is CCN(CC)c1ccc(/C=C/c2cccc[n+]2CCCCC(=O)O)cc1.[Cl-]. The first-order valence-electron chi connectivity index (χ1n) is 9.37. The maximum absolute atomic E-state index is 10.6. The number of carbonyl (C=O) groups is 1. The lowest BCUT2D eigenvalue weighted by atomic mass is 10.1. The number of benzene rings is 1. The summed E-state index contributed by atoms with van der Waals surface area (Å²) in [6, 6.07) is 14.7. The van der Waals surface area contributed by atoms with E-state index in [9.17, 15) is 4.79 Å². The Kier molecular flexibility index (Phi) is 10.2. The first-order chi connectivity index (χ1) is 12.6. The third-order valence-electron chi connectivity index (χ3n) is 4.48. The van der Waals surface area contributed by atoms with Crippen LogP contribution in [-0.4, -0.2) is 24.2 Å². The van der Waals surface area contributed by atoms with Crippen molar-refractivity contribution in [1.29, 1.82) is 0 Å². The van der Waals surface area contributed by atoms with Gasteiger partial charge < -0.3 is 22.4 Å². The van der Waals surface area contributed by atoms with Crippen molar-refractivity contribution < 1.29 is 26.9 Å². The molecule has 0 aliphatic rings. The monoisotopic (exact) mass is 388 g/mol. The Morgan fingerprint density at radius 1 is 1.04 bits per heavy atom. The molecule has 0 bridgehead atoms. The van der Waals surface area contributed by atoms with Crippen LogP contribution < -0.4 is 21.9 Å². The van der Waals surface area contributed by atoms with Gasteiger partial charge in [-0.3, -0.25) is 4.79 Å².